The van der Waals surface area contributed by atoms with E-state index < -0.39 is 0 Å². The first-order valence-electron chi connectivity index (χ1n) is 8.12. The van der Waals surface area contributed by atoms with Gasteiger partial charge in [-0.15, -0.1) is 0 Å². The van der Waals surface area contributed by atoms with Crippen molar-refractivity contribution >= 4 is 0 Å². The Balaban J connectivity index is 1.97. The summed E-state index contributed by atoms with van der Waals surface area (Å²) >= 11 is 0. The van der Waals surface area contributed by atoms with E-state index in [0.717, 1.165) is 18.4 Å². The quantitative estimate of drug-likeness (QED) is 0.861. The Hall–Kier alpha value is -1.09. The van der Waals surface area contributed by atoms with E-state index in [2.05, 4.69) is 33.0 Å². The molecule has 1 aliphatic rings. The van der Waals surface area contributed by atoms with Gasteiger partial charge in [-0.25, -0.2) is 4.39 Å². The molecule has 0 aliphatic heterocycles. The summed E-state index contributed by atoms with van der Waals surface area (Å²) in [6, 6.07) is 5.70. The van der Waals surface area contributed by atoms with Crippen LogP contribution in [-0.4, -0.2) is 12.1 Å². The van der Waals surface area contributed by atoms with Crippen LogP contribution in [0.25, 0.3) is 0 Å². The van der Waals surface area contributed by atoms with Crippen molar-refractivity contribution in [2.45, 2.75) is 65.6 Å². The fourth-order valence-electron chi connectivity index (χ4n) is 3.22. The van der Waals surface area contributed by atoms with Crippen LogP contribution < -0.4 is 10.1 Å². The van der Waals surface area contributed by atoms with E-state index in [1.165, 1.54) is 6.42 Å². The fraction of sp³-hybridized carbons (Fsp3) is 0.667. The van der Waals surface area contributed by atoms with Gasteiger partial charge in [-0.1, -0.05) is 33.8 Å². The van der Waals surface area contributed by atoms with Gasteiger partial charge in [-0.2, -0.15) is 0 Å². The second-order valence-electron chi connectivity index (χ2n) is 6.96. The molecule has 21 heavy (non-hydrogen) atoms. The molecule has 2 unspecified atom stereocenters. The monoisotopic (exact) mass is 293 g/mol. The minimum atomic E-state index is -0.246. The zero-order chi connectivity index (χ0) is 15.4. The standard InChI is InChI=1S/C18H28FNO/c1-12(2)20-11-15-5-6-18(17(19)10-15)21-16-8-13(3)7-14(4)9-16/h5-6,10,12-14,16,20H,7-9,11H2,1-4H3. The average molecular weight is 293 g/mol. The van der Waals surface area contributed by atoms with Crippen LogP contribution in [0.2, 0.25) is 0 Å². The third kappa shape index (κ3) is 4.99. The van der Waals surface area contributed by atoms with Gasteiger partial charge >= 0.3 is 0 Å². The molecule has 0 bridgehead atoms. The lowest BCUT2D eigenvalue weighted by Gasteiger charge is -2.31. The molecule has 0 radical (unpaired) electrons. The predicted molar refractivity (Wildman–Crippen MR) is 85.0 cm³/mol. The van der Waals surface area contributed by atoms with Gasteiger partial charge in [0.2, 0.25) is 0 Å². The molecular weight excluding hydrogens is 265 g/mol. The Kier molecular flexibility index (Phi) is 5.63. The van der Waals surface area contributed by atoms with Crippen LogP contribution in [0.1, 0.15) is 52.5 Å². The highest BCUT2D eigenvalue weighted by Gasteiger charge is 2.25. The summed E-state index contributed by atoms with van der Waals surface area (Å²) in [5.74, 6) is 1.48. The van der Waals surface area contributed by atoms with Crippen molar-refractivity contribution in [3.63, 3.8) is 0 Å². The first kappa shape index (κ1) is 16.3. The first-order chi connectivity index (χ1) is 9.94. The third-order valence-electron chi connectivity index (χ3n) is 4.14. The fourth-order valence-corrected chi connectivity index (χ4v) is 3.22. The molecule has 118 valence electrons. The van der Waals surface area contributed by atoms with E-state index in [1.54, 1.807) is 12.1 Å². The van der Waals surface area contributed by atoms with Crippen LogP contribution in [-0.2, 0) is 6.54 Å². The van der Waals surface area contributed by atoms with Crippen molar-refractivity contribution in [2.24, 2.45) is 11.8 Å². The maximum Gasteiger partial charge on any atom is 0.165 e. The molecule has 0 saturated heterocycles. The highest BCUT2D eigenvalue weighted by atomic mass is 19.1. The van der Waals surface area contributed by atoms with Crippen molar-refractivity contribution in [3.05, 3.63) is 29.6 Å². The molecule has 0 amide bonds. The number of hydrogen-bond acceptors (Lipinski definition) is 2. The first-order valence-corrected chi connectivity index (χ1v) is 8.12. The number of hydrogen-bond donors (Lipinski definition) is 1. The third-order valence-corrected chi connectivity index (χ3v) is 4.14. The summed E-state index contributed by atoms with van der Waals surface area (Å²) < 4.78 is 20.1. The van der Waals surface area contributed by atoms with Crippen molar-refractivity contribution in [1.82, 2.24) is 5.32 Å². The van der Waals surface area contributed by atoms with E-state index in [9.17, 15) is 4.39 Å². The van der Waals surface area contributed by atoms with Crippen molar-refractivity contribution < 1.29 is 9.13 Å². The molecule has 1 N–H and O–H groups in total. The van der Waals surface area contributed by atoms with Crippen molar-refractivity contribution in [3.8, 4) is 5.75 Å². The lowest BCUT2D eigenvalue weighted by molar-refractivity contribution is 0.0970. The molecule has 1 aromatic rings. The predicted octanol–water partition coefficient (Wildman–Crippen LogP) is 4.53. The summed E-state index contributed by atoms with van der Waals surface area (Å²) in [5.41, 5.74) is 0.957. The SMILES string of the molecule is CC1CC(C)CC(Oc2ccc(CNC(C)C)cc2F)C1. The Labute approximate surface area is 128 Å². The van der Waals surface area contributed by atoms with Gasteiger partial charge in [-0.05, 0) is 48.8 Å². The van der Waals surface area contributed by atoms with Gasteiger partial charge in [0.25, 0.3) is 0 Å². The summed E-state index contributed by atoms with van der Waals surface area (Å²) in [4.78, 5) is 0. The molecule has 1 aliphatic carbocycles. The van der Waals surface area contributed by atoms with E-state index in [1.807, 2.05) is 6.07 Å². The number of nitrogens with one attached hydrogen (secondary N) is 1. The van der Waals surface area contributed by atoms with Crippen LogP contribution in [0.5, 0.6) is 5.75 Å². The minimum Gasteiger partial charge on any atom is -0.487 e. The van der Waals surface area contributed by atoms with Crippen molar-refractivity contribution in [1.29, 1.82) is 0 Å². The van der Waals surface area contributed by atoms with Gasteiger partial charge in [0.1, 0.15) is 0 Å². The molecule has 3 heteroatoms. The molecule has 2 rings (SSSR count). The van der Waals surface area contributed by atoms with Gasteiger partial charge in [-0.3, -0.25) is 0 Å². The van der Waals surface area contributed by atoms with Crippen LogP contribution >= 0.6 is 0 Å². The van der Waals surface area contributed by atoms with Crippen LogP contribution in [0, 0.1) is 17.7 Å². The van der Waals surface area contributed by atoms with Crippen LogP contribution in [0.15, 0.2) is 18.2 Å². The smallest absolute Gasteiger partial charge is 0.165 e. The zero-order valence-electron chi connectivity index (χ0n) is 13.7. The van der Waals surface area contributed by atoms with E-state index in [0.29, 0.717) is 30.2 Å². The molecule has 1 aromatic carbocycles. The molecular formula is C18H28FNO. The second kappa shape index (κ2) is 7.26. The summed E-state index contributed by atoms with van der Waals surface area (Å²) in [6.07, 6.45) is 3.46. The topological polar surface area (TPSA) is 21.3 Å². The molecule has 1 fully saturated rings. The van der Waals surface area contributed by atoms with Gasteiger partial charge in [0, 0.05) is 12.6 Å². The molecule has 1 saturated carbocycles. The van der Waals surface area contributed by atoms with E-state index in [-0.39, 0.29) is 11.9 Å². The Bertz CT molecular complexity index is 451. The highest BCUT2D eigenvalue weighted by molar-refractivity contribution is 5.29. The largest absolute Gasteiger partial charge is 0.487 e. The number of benzene rings is 1. The lowest BCUT2D eigenvalue weighted by Crippen LogP contribution is -2.28. The van der Waals surface area contributed by atoms with Crippen LogP contribution in [0.3, 0.4) is 0 Å². The maximum absolute atomic E-state index is 14.2. The normalized spacial score (nSPS) is 26.1. The van der Waals surface area contributed by atoms with Crippen molar-refractivity contribution in [2.75, 3.05) is 0 Å². The van der Waals surface area contributed by atoms with Gasteiger partial charge < -0.3 is 10.1 Å². The molecule has 0 spiro atoms. The summed E-state index contributed by atoms with van der Waals surface area (Å²) in [6.45, 7) is 9.36. The Morgan fingerprint density at radius 3 is 2.43 bits per heavy atom. The second-order valence-corrected chi connectivity index (χ2v) is 6.96. The Morgan fingerprint density at radius 1 is 1.19 bits per heavy atom. The number of ether oxygens (including phenoxy) is 1. The zero-order valence-corrected chi connectivity index (χ0v) is 13.7. The van der Waals surface area contributed by atoms with Gasteiger partial charge in [0.15, 0.2) is 11.6 Å². The number of rotatable bonds is 5. The molecule has 2 atom stereocenters. The van der Waals surface area contributed by atoms with E-state index in [4.69, 9.17) is 4.74 Å². The van der Waals surface area contributed by atoms with E-state index >= 15 is 0 Å². The summed E-state index contributed by atoms with van der Waals surface area (Å²) in [7, 11) is 0. The minimum absolute atomic E-state index is 0.151. The number of halogens is 1. The summed E-state index contributed by atoms with van der Waals surface area (Å²) in [5, 5.41) is 3.29. The van der Waals surface area contributed by atoms with Gasteiger partial charge in [0.05, 0.1) is 6.10 Å². The average Bonchev–Trinajstić information content (AvgIpc) is 2.38. The molecule has 0 heterocycles. The lowest BCUT2D eigenvalue weighted by atomic mass is 9.82. The highest BCUT2D eigenvalue weighted by Crippen LogP contribution is 2.32. The molecule has 0 aromatic heterocycles. The maximum atomic E-state index is 14.2. The Morgan fingerprint density at radius 2 is 1.86 bits per heavy atom. The van der Waals surface area contributed by atoms with Crippen LogP contribution in [0.4, 0.5) is 4.39 Å². The molecule has 2 nitrogen and oxygen atoms in total.